The van der Waals surface area contributed by atoms with Crippen molar-refractivity contribution in [1.82, 2.24) is 5.32 Å². The molecule has 4 nitrogen and oxygen atoms in total. The zero-order valence-electron chi connectivity index (χ0n) is 11.7. The minimum Gasteiger partial charge on any atom is -0.480 e. The summed E-state index contributed by atoms with van der Waals surface area (Å²) in [6, 6.07) is 0. The van der Waals surface area contributed by atoms with Gasteiger partial charge in [0.1, 0.15) is 5.54 Å². The van der Waals surface area contributed by atoms with E-state index < -0.39 is 11.5 Å². The normalized spacial score (nSPS) is 28.1. The van der Waals surface area contributed by atoms with E-state index in [9.17, 15) is 14.7 Å². The first-order valence-electron chi connectivity index (χ1n) is 7.00. The SMILES string of the molecule is CCC(CC)C(=O)NC1(C(=O)O)CCCC(C)C1. The van der Waals surface area contributed by atoms with Crippen molar-refractivity contribution in [2.75, 3.05) is 0 Å². The molecule has 1 aliphatic carbocycles. The van der Waals surface area contributed by atoms with Crippen LogP contribution >= 0.6 is 0 Å². The van der Waals surface area contributed by atoms with Crippen LogP contribution in [-0.2, 0) is 9.59 Å². The van der Waals surface area contributed by atoms with Crippen LogP contribution in [0.4, 0.5) is 0 Å². The van der Waals surface area contributed by atoms with Gasteiger partial charge in [-0.15, -0.1) is 0 Å². The largest absolute Gasteiger partial charge is 0.480 e. The number of hydrogen-bond acceptors (Lipinski definition) is 2. The van der Waals surface area contributed by atoms with Crippen molar-refractivity contribution < 1.29 is 14.7 Å². The number of amides is 1. The van der Waals surface area contributed by atoms with Crippen LogP contribution < -0.4 is 5.32 Å². The standard InChI is InChI=1S/C14H25NO3/c1-4-11(5-2)12(16)15-14(13(17)18)8-6-7-10(3)9-14/h10-11H,4-9H2,1-3H3,(H,15,16)(H,17,18). The minimum atomic E-state index is -1.03. The van der Waals surface area contributed by atoms with Gasteiger partial charge in [-0.05, 0) is 31.6 Å². The summed E-state index contributed by atoms with van der Waals surface area (Å²) in [5.41, 5.74) is -1.03. The molecule has 0 saturated heterocycles. The van der Waals surface area contributed by atoms with Crippen molar-refractivity contribution in [3.63, 3.8) is 0 Å². The van der Waals surface area contributed by atoms with E-state index in [0.29, 0.717) is 18.8 Å². The monoisotopic (exact) mass is 255 g/mol. The Morgan fingerprint density at radius 1 is 1.39 bits per heavy atom. The summed E-state index contributed by atoms with van der Waals surface area (Å²) < 4.78 is 0. The van der Waals surface area contributed by atoms with Crippen molar-refractivity contribution in [1.29, 1.82) is 0 Å². The summed E-state index contributed by atoms with van der Waals surface area (Å²) in [7, 11) is 0. The molecule has 104 valence electrons. The Morgan fingerprint density at radius 2 is 2.00 bits per heavy atom. The number of aliphatic carboxylic acids is 1. The molecular formula is C14H25NO3. The van der Waals surface area contributed by atoms with Crippen molar-refractivity contribution in [3.8, 4) is 0 Å². The molecule has 0 aliphatic heterocycles. The predicted molar refractivity (Wildman–Crippen MR) is 70.2 cm³/mol. The summed E-state index contributed by atoms with van der Waals surface area (Å²) in [5.74, 6) is -0.694. The first-order chi connectivity index (χ1) is 8.45. The fourth-order valence-corrected chi connectivity index (χ4v) is 2.91. The van der Waals surface area contributed by atoms with Crippen molar-refractivity contribution >= 4 is 11.9 Å². The predicted octanol–water partition coefficient (Wildman–Crippen LogP) is 2.57. The molecule has 1 saturated carbocycles. The molecule has 0 heterocycles. The topological polar surface area (TPSA) is 66.4 Å². The van der Waals surface area contributed by atoms with Crippen LogP contribution in [0, 0.1) is 11.8 Å². The molecule has 1 fully saturated rings. The van der Waals surface area contributed by atoms with Crippen LogP contribution in [0.2, 0.25) is 0 Å². The summed E-state index contributed by atoms with van der Waals surface area (Å²) in [4.78, 5) is 23.7. The van der Waals surface area contributed by atoms with Gasteiger partial charge in [-0.3, -0.25) is 4.79 Å². The molecule has 2 N–H and O–H groups in total. The van der Waals surface area contributed by atoms with Crippen molar-refractivity contribution in [2.24, 2.45) is 11.8 Å². The number of nitrogens with one attached hydrogen (secondary N) is 1. The Hall–Kier alpha value is -1.06. The molecule has 0 aromatic rings. The zero-order chi connectivity index (χ0) is 13.8. The Kier molecular flexibility index (Phi) is 5.17. The van der Waals surface area contributed by atoms with Gasteiger partial charge in [0, 0.05) is 5.92 Å². The maximum absolute atomic E-state index is 12.1. The highest BCUT2D eigenvalue weighted by Gasteiger charge is 2.43. The summed E-state index contributed by atoms with van der Waals surface area (Å²) in [5, 5.41) is 12.3. The lowest BCUT2D eigenvalue weighted by Crippen LogP contribution is -2.58. The zero-order valence-corrected chi connectivity index (χ0v) is 11.7. The third kappa shape index (κ3) is 3.24. The van der Waals surface area contributed by atoms with E-state index in [1.807, 2.05) is 13.8 Å². The molecule has 4 heteroatoms. The smallest absolute Gasteiger partial charge is 0.329 e. The van der Waals surface area contributed by atoms with E-state index in [1.165, 1.54) is 0 Å². The van der Waals surface area contributed by atoms with E-state index in [1.54, 1.807) is 0 Å². The Bertz CT molecular complexity index is 312. The van der Waals surface area contributed by atoms with Crippen LogP contribution in [0.1, 0.15) is 59.3 Å². The summed E-state index contributed by atoms with van der Waals surface area (Å²) in [6.07, 6.45) is 4.54. The second-order valence-corrected chi connectivity index (χ2v) is 5.59. The third-order valence-corrected chi connectivity index (χ3v) is 4.13. The van der Waals surface area contributed by atoms with Crippen molar-refractivity contribution in [2.45, 2.75) is 64.8 Å². The first-order valence-corrected chi connectivity index (χ1v) is 7.00. The molecule has 0 spiro atoms. The Morgan fingerprint density at radius 3 is 2.44 bits per heavy atom. The minimum absolute atomic E-state index is 0.0709. The number of rotatable bonds is 5. The van der Waals surface area contributed by atoms with Gasteiger partial charge in [0.25, 0.3) is 0 Å². The lowest BCUT2D eigenvalue weighted by Gasteiger charge is -2.37. The van der Waals surface area contributed by atoms with Crippen molar-refractivity contribution in [3.05, 3.63) is 0 Å². The average molecular weight is 255 g/mol. The Balaban J connectivity index is 2.80. The molecule has 2 unspecified atom stereocenters. The molecule has 0 aromatic carbocycles. The molecule has 0 radical (unpaired) electrons. The Labute approximate surface area is 109 Å². The third-order valence-electron chi connectivity index (χ3n) is 4.13. The summed E-state index contributed by atoms with van der Waals surface area (Å²) in [6.45, 7) is 5.98. The molecule has 18 heavy (non-hydrogen) atoms. The van der Waals surface area contributed by atoms with E-state index in [2.05, 4.69) is 12.2 Å². The maximum atomic E-state index is 12.1. The number of carboxylic acid groups (broad SMARTS) is 1. The van der Waals surface area contributed by atoms with Gasteiger partial charge < -0.3 is 10.4 Å². The molecule has 1 aliphatic rings. The summed E-state index contributed by atoms with van der Waals surface area (Å²) >= 11 is 0. The fourth-order valence-electron chi connectivity index (χ4n) is 2.91. The fraction of sp³-hybridized carbons (Fsp3) is 0.857. The number of carbonyl (C=O) groups excluding carboxylic acids is 1. The van der Waals surface area contributed by atoms with E-state index in [0.717, 1.165) is 25.7 Å². The highest BCUT2D eigenvalue weighted by atomic mass is 16.4. The quantitative estimate of drug-likeness (QED) is 0.793. The van der Waals surface area contributed by atoms with E-state index in [4.69, 9.17) is 0 Å². The van der Waals surface area contributed by atoms with E-state index in [-0.39, 0.29) is 11.8 Å². The van der Waals surface area contributed by atoms with Gasteiger partial charge in [0.05, 0.1) is 0 Å². The van der Waals surface area contributed by atoms with E-state index >= 15 is 0 Å². The average Bonchev–Trinajstić information content (AvgIpc) is 2.30. The molecule has 0 aromatic heterocycles. The van der Waals surface area contributed by atoms with Crippen LogP contribution in [0.5, 0.6) is 0 Å². The van der Waals surface area contributed by atoms with Crippen LogP contribution in [-0.4, -0.2) is 22.5 Å². The van der Waals surface area contributed by atoms with Gasteiger partial charge in [0.2, 0.25) is 5.91 Å². The molecule has 2 atom stereocenters. The van der Waals surface area contributed by atoms with Gasteiger partial charge >= 0.3 is 5.97 Å². The van der Waals surface area contributed by atoms with Gasteiger partial charge in [0.15, 0.2) is 0 Å². The van der Waals surface area contributed by atoms with Gasteiger partial charge in [-0.1, -0.05) is 33.6 Å². The van der Waals surface area contributed by atoms with Crippen LogP contribution in [0.25, 0.3) is 0 Å². The number of carbonyl (C=O) groups is 2. The molecular weight excluding hydrogens is 230 g/mol. The second-order valence-electron chi connectivity index (χ2n) is 5.59. The highest BCUT2D eigenvalue weighted by Crippen LogP contribution is 2.33. The first kappa shape index (κ1) is 15.0. The molecule has 0 bridgehead atoms. The lowest BCUT2D eigenvalue weighted by molar-refractivity contribution is -0.150. The van der Waals surface area contributed by atoms with Gasteiger partial charge in [-0.2, -0.15) is 0 Å². The number of carboxylic acids is 1. The number of hydrogen-bond donors (Lipinski definition) is 2. The highest BCUT2D eigenvalue weighted by molar-refractivity contribution is 5.88. The van der Waals surface area contributed by atoms with Crippen LogP contribution in [0.3, 0.4) is 0 Å². The molecule has 1 amide bonds. The maximum Gasteiger partial charge on any atom is 0.329 e. The molecule has 1 rings (SSSR count). The van der Waals surface area contributed by atoms with Crippen LogP contribution in [0.15, 0.2) is 0 Å². The second kappa shape index (κ2) is 6.21. The van der Waals surface area contributed by atoms with Gasteiger partial charge in [-0.25, -0.2) is 4.79 Å². The lowest BCUT2D eigenvalue weighted by atomic mass is 9.76.